The molecule has 0 spiro atoms. The van der Waals surface area contributed by atoms with E-state index in [2.05, 4.69) is 10.6 Å². The lowest BCUT2D eigenvalue weighted by molar-refractivity contribution is -0.153. The van der Waals surface area contributed by atoms with Crippen molar-refractivity contribution in [2.24, 2.45) is 0 Å². The third-order valence-corrected chi connectivity index (χ3v) is 5.08. The van der Waals surface area contributed by atoms with Crippen molar-refractivity contribution in [3.63, 3.8) is 0 Å². The number of hydrogen-bond donors (Lipinski definition) is 2. The van der Waals surface area contributed by atoms with Gasteiger partial charge in [0.25, 0.3) is 0 Å². The Hall–Kier alpha value is -2.05. The van der Waals surface area contributed by atoms with E-state index in [9.17, 15) is 9.59 Å². The number of carbonyl (C=O) groups is 2. The Morgan fingerprint density at radius 2 is 1.88 bits per heavy atom. The molecule has 0 radical (unpaired) electrons. The Bertz CT molecular complexity index is 714. The largest absolute Gasteiger partial charge is 0.459 e. The highest BCUT2D eigenvalue weighted by atomic mass is 35.5. The van der Waals surface area contributed by atoms with Gasteiger partial charge < -0.3 is 15.4 Å². The number of rotatable bonds is 7. The summed E-state index contributed by atoms with van der Waals surface area (Å²) in [4.78, 5) is 24.9. The summed E-state index contributed by atoms with van der Waals surface area (Å²) in [6, 6.07) is 10.6. The Kier molecular flexibility index (Phi) is 6.84. The lowest BCUT2D eigenvalue weighted by atomic mass is 9.93. The second-order valence-corrected chi connectivity index (χ2v) is 7.11. The average Bonchev–Trinajstić information content (AvgIpc) is 3.03. The van der Waals surface area contributed by atoms with Crippen molar-refractivity contribution in [2.75, 3.05) is 5.32 Å². The summed E-state index contributed by atoms with van der Waals surface area (Å²) in [6.45, 7) is 3.86. The molecule has 0 saturated carbocycles. The zero-order chi connectivity index (χ0) is 18.3. The molecule has 2 rings (SSSR count). The van der Waals surface area contributed by atoms with E-state index in [1.807, 2.05) is 44.2 Å². The summed E-state index contributed by atoms with van der Waals surface area (Å²) in [5, 5.41) is 7.18. The fourth-order valence-electron chi connectivity index (χ4n) is 2.38. The molecule has 1 heterocycles. The minimum Gasteiger partial charge on any atom is -0.459 e. The topological polar surface area (TPSA) is 67.4 Å². The molecular formula is C18H21ClN2O3S. The van der Waals surface area contributed by atoms with Crippen molar-refractivity contribution in [3.8, 4) is 0 Å². The first-order chi connectivity index (χ1) is 12.0. The maximum atomic E-state index is 12.6. The molecule has 2 amide bonds. The molecule has 134 valence electrons. The maximum Gasteiger partial charge on any atom is 0.332 e. The van der Waals surface area contributed by atoms with E-state index < -0.39 is 17.5 Å². The number of urea groups is 1. The third-order valence-electron chi connectivity index (χ3n) is 3.99. The van der Waals surface area contributed by atoms with Crippen LogP contribution in [-0.2, 0) is 16.1 Å². The van der Waals surface area contributed by atoms with Gasteiger partial charge in [0.15, 0.2) is 0 Å². The molecule has 0 unspecified atom stereocenters. The van der Waals surface area contributed by atoms with Crippen LogP contribution < -0.4 is 10.6 Å². The lowest BCUT2D eigenvalue weighted by Crippen LogP contribution is -2.55. The molecule has 2 N–H and O–H groups in total. The molecule has 1 aromatic carbocycles. The Morgan fingerprint density at radius 1 is 1.20 bits per heavy atom. The lowest BCUT2D eigenvalue weighted by Gasteiger charge is -2.30. The molecule has 1 aromatic heterocycles. The normalized spacial score (nSPS) is 11.0. The zero-order valence-corrected chi connectivity index (χ0v) is 15.7. The van der Waals surface area contributed by atoms with E-state index in [4.69, 9.17) is 16.3 Å². The molecule has 0 fully saturated rings. The molecule has 5 nitrogen and oxygen atoms in total. The van der Waals surface area contributed by atoms with Crippen LogP contribution in [0.4, 0.5) is 10.5 Å². The van der Waals surface area contributed by atoms with Crippen LogP contribution in [-0.4, -0.2) is 17.5 Å². The first-order valence-electron chi connectivity index (χ1n) is 8.03. The van der Waals surface area contributed by atoms with Gasteiger partial charge in [-0.3, -0.25) is 0 Å². The summed E-state index contributed by atoms with van der Waals surface area (Å²) < 4.78 is 6.01. The fraction of sp³-hybridized carbons (Fsp3) is 0.333. The molecule has 0 aliphatic carbocycles. The zero-order valence-electron chi connectivity index (χ0n) is 14.2. The maximum absolute atomic E-state index is 12.6. The van der Waals surface area contributed by atoms with E-state index in [0.29, 0.717) is 22.9 Å². The number of amides is 2. The van der Waals surface area contributed by atoms with Crippen molar-refractivity contribution >= 4 is 40.6 Å². The van der Waals surface area contributed by atoms with E-state index in [1.165, 1.54) is 11.3 Å². The van der Waals surface area contributed by atoms with Crippen LogP contribution in [0.1, 0.15) is 32.3 Å². The molecule has 0 aliphatic heterocycles. The number of nitrogens with one attached hydrogen (secondary N) is 2. The van der Waals surface area contributed by atoms with Crippen LogP contribution in [0.5, 0.6) is 0 Å². The van der Waals surface area contributed by atoms with Gasteiger partial charge in [0.2, 0.25) is 0 Å². The van der Waals surface area contributed by atoms with Crippen LogP contribution in [0.2, 0.25) is 4.34 Å². The number of esters is 1. The van der Waals surface area contributed by atoms with Crippen LogP contribution in [0.3, 0.4) is 0 Å². The van der Waals surface area contributed by atoms with E-state index in [1.54, 1.807) is 11.4 Å². The summed E-state index contributed by atoms with van der Waals surface area (Å²) in [7, 11) is 0. The smallest absolute Gasteiger partial charge is 0.332 e. The van der Waals surface area contributed by atoms with Crippen molar-refractivity contribution in [1.29, 1.82) is 0 Å². The Morgan fingerprint density at radius 3 is 2.44 bits per heavy atom. The van der Waals surface area contributed by atoms with Crippen molar-refractivity contribution in [2.45, 2.75) is 38.8 Å². The molecule has 0 aliphatic rings. The number of carbonyl (C=O) groups excluding carboxylic acids is 2. The van der Waals surface area contributed by atoms with E-state index >= 15 is 0 Å². The SMILES string of the molecule is CCC(CC)(NC(=O)Nc1csc(Cl)c1)C(=O)OCc1ccccc1. The van der Waals surface area contributed by atoms with Gasteiger partial charge >= 0.3 is 12.0 Å². The highest BCUT2D eigenvalue weighted by molar-refractivity contribution is 7.14. The number of benzene rings is 1. The van der Waals surface area contributed by atoms with Gasteiger partial charge in [-0.1, -0.05) is 55.8 Å². The van der Waals surface area contributed by atoms with E-state index in [0.717, 1.165) is 5.56 Å². The van der Waals surface area contributed by atoms with Gasteiger partial charge in [-0.15, -0.1) is 11.3 Å². The van der Waals surface area contributed by atoms with E-state index in [-0.39, 0.29) is 6.61 Å². The number of ether oxygens (including phenoxy) is 1. The van der Waals surface area contributed by atoms with Crippen LogP contribution in [0, 0.1) is 0 Å². The summed E-state index contributed by atoms with van der Waals surface area (Å²) in [5.41, 5.74) is 0.416. The molecule has 7 heteroatoms. The molecule has 0 bridgehead atoms. The second kappa shape index (κ2) is 8.87. The van der Waals surface area contributed by atoms with Gasteiger partial charge in [-0.05, 0) is 24.5 Å². The molecule has 0 atom stereocenters. The minimum absolute atomic E-state index is 0.171. The molecule has 2 aromatic rings. The minimum atomic E-state index is -1.07. The average molecular weight is 381 g/mol. The van der Waals surface area contributed by atoms with Crippen LogP contribution in [0.25, 0.3) is 0 Å². The number of halogens is 1. The quantitative estimate of drug-likeness (QED) is 0.676. The summed E-state index contributed by atoms with van der Waals surface area (Å²) >= 11 is 7.17. The van der Waals surface area contributed by atoms with Gasteiger partial charge in [0.05, 0.1) is 10.0 Å². The number of hydrogen-bond acceptors (Lipinski definition) is 4. The van der Waals surface area contributed by atoms with Crippen molar-refractivity contribution in [1.82, 2.24) is 5.32 Å². The van der Waals surface area contributed by atoms with Crippen molar-refractivity contribution in [3.05, 3.63) is 51.7 Å². The highest BCUT2D eigenvalue weighted by Gasteiger charge is 2.38. The van der Waals surface area contributed by atoms with Crippen LogP contribution in [0.15, 0.2) is 41.8 Å². The fourth-order valence-corrected chi connectivity index (χ4v) is 3.20. The molecular weight excluding hydrogens is 360 g/mol. The number of thiophene rings is 1. The van der Waals surface area contributed by atoms with Gasteiger partial charge in [0, 0.05) is 5.38 Å². The van der Waals surface area contributed by atoms with Crippen molar-refractivity contribution < 1.29 is 14.3 Å². The Balaban J connectivity index is 2.00. The highest BCUT2D eigenvalue weighted by Crippen LogP contribution is 2.24. The molecule has 25 heavy (non-hydrogen) atoms. The summed E-state index contributed by atoms with van der Waals surface area (Å²) in [6.07, 6.45) is 0.851. The predicted octanol–water partition coefficient (Wildman–Crippen LogP) is 4.83. The Labute approximate surface area is 156 Å². The second-order valence-electron chi connectivity index (χ2n) is 5.57. The monoisotopic (exact) mass is 380 g/mol. The van der Waals surface area contributed by atoms with Gasteiger partial charge in [-0.25, -0.2) is 9.59 Å². The third kappa shape index (κ3) is 5.21. The standard InChI is InChI=1S/C18H21ClN2O3S/c1-3-18(4-2,16(22)24-11-13-8-6-5-7-9-13)21-17(23)20-14-10-15(19)25-12-14/h5-10,12H,3-4,11H2,1-2H3,(H2,20,21,23). The first kappa shape index (κ1) is 19.3. The first-order valence-corrected chi connectivity index (χ1v) is 9.29. The van der Waals surface area contributed by atoms with Gasteiger partial charge in [0.1, 0.15) is 12.1 Å². The molecule has 0 saturated heterocycles. The van der Waals surface area contributed by atoms with Gasteiger partial charge in [-0.2, -0.15) is 0 Å². The predicted molar refractivity (Wildman–Crippen MR) is 101 cm³/mol. The summed E-state index contributed by atoms with van der Waals surface area (Å²) in [5.74, 6) is -0.445. The van der Waals surface area contributed by atoms with Crippen LogP contribution >= 0.6 is 22.9 Å². The number of anilines is 1.